The number of thiazole rings is 1. The highest BCUT2D eigenvalue weighted by molar-refractivity contribution is 7.90. The Balaban J connectivity index is 1.94. The first kappa shape index (κ1) is 16.9. The van der Waals surface area contributed by atoms with E-state index < -0.39 is 21.5 Å². The molecule has 26 heavy (non-hydrogen) atoms. The summed E-state index contributed by atoms with van der Waals surface area (Å²) in [5, 5.41) is 1.87. The summed E-state index contributed by atoms with van der Waals surface area (Å²) in [6.45, 7) is 0. The van der Waals surface area contributed by atoms with E-state index >= 15 is 0 Å². The Morgan fingerprint density at radius 3 is 2.35 bits per heavy atom. The summed E-state index contributed by atoms with van der Waals surface area (Å²) in [6.07, 6.45) is 2.97. The number of imidazole rings is 1. The van der Waals surface area contributed by atoms with Gasteiger partial charge < -0.3 is 0 Å². The van der Waals surface area contributed by atoms with Gasteiger partial charge in [0.05, 0.1) is 16.3 Å². The van der Waals surface area contributed by atoms with Gasteiger partial charge in [-0.3, -0.25) is 4.40 Å². The van der Waals surface area contributed by atoms with Gasteiger partial charge in [-0.1, -0.05) is 12.1 Å². The third kappa shape index (κ3) is 2.81. The SMILES string of the molecule is CS(=O)(=O)c1ccc(-c2c(-c3ccc(F)c(F)c3)nc3sccn23)cc1. The van der Waals surface area contributed by atoms with Crippen LogP contribution in [0.5, 0.6) is 0 Å². The van der Waals surface area contributed by atoms with Crippen molar-refractivity contribution in [3.8, 4) is 22.5 Å². The number of rotatable bonds is 3. The van der Waals surface area contributed by atoms with Crippen LogP contribution in [-0.4, -0.2) is 24.1 Å². The molecule has 4 nitrogen and oxygen atoms in total. The summed E-state index contributed by atoms with van der Waals surface area (Å²) in [6, 6.07) is 10.0. The number of sulfone groups is 1. The summed E-state index contributed by atoms with van der Waals surface area (Å²) in [7, 11) is -3.30. The van der Waals surface area contributed by atoms with E-state index in [2.05, 4.69) is 4.98 Å². The number of hydrogen-bond donors (Lipinski definition) is 0. The quantitative estimate of drug-likeness (QED) is 0.521. The van der Waals surface area contributed by atoms with Gasteiger partial charge in [0.1, 0.15) is 0 Å². The molecule has 0 saturated carbocycles. The topological polar surface area (TPSA) is 51.4 Å². The molecule has 4 aromatic rings. The van der Waals surface area contributed by atoms with Crippen LogP contribution in [0.2, 0.25) is 0 Å². The van der Waals surface area contributed by atoms with Gasteiger partial charge in [-0.2, -0.15) is 0 Å². The minimum atomic E-state index is -3.30. The molecule has 0 aliphatic heterocycles. The molecule has 4 rings (SSSR count). The van der Waals surface area contributed by atoms with Gasteiger partial charge in [0.2, 0.25) is 0 Å². The van der Waals surface area contributed by atoms with Gasteiger partial charge in [-0.25, -0.2) is 22.2 Å². The Labute approximate surface area is 152 Å². The lowest BCUT2D eigenvalue weighted by molar-refractivity contribution is 0.509. The van der Waals surface area contributed by atoms with Gasteiger partial charge in [-0.15, -0.1) is 11.3 Å². The number of hydrogen-bond acceptors (Lipinski definition) is 4. The summed E-state index contributed by atoms with van der Waals surface area (Å²) in [4.78, 5) is 5.45. The number of fused-ring (bicyclic) bond motifs is 1. The van der Waals surface area contributed by atoms with Gasteiger partial charge in [-0.05, 0) is 30.3 Å². The molecule has 0 N–H and O–H groups in total. The van der Waals surface area contributed by atoms with Crippen LogP contribution >= 0.6 is 11.3 Å². The normalized spacial score (nSPS) is 12.0. The zero-order chi connectivity index (χ0) is 18.5. The molecule has 0 radical (unpaired) electrons. The Kier molecular flexibility index (Phi) is 3.89. The predicted octanol–water partition coefficient (Wildman–Crippen LogP) is 4.41. The van der Waals surface area contributed by atoms with Crippen molar-refractivity contribution in [1.29, 1.82) is 0 Å². The van der Waals surface area contributed by atoms with Gasteiger partial charge in [0, 0.05) is 29.0 Å². The Morgan fingerprint density at radius 2 is 1.69 bits per heavy atom. The van der Waals surface area contributed by atoms with Crippen molar-refractivity contribution in [1.82, 2.24) is 9.38 Å². The van der Waals surface area contributed by atoms with Crippen LogP contribution in [0.3, 0.4) is 0 Å². The molecule has 0 bridgehead atoms. The number of halogens is 2. The average Bonchev–Trinajstić information content (AvgIpc) is 3.17. The van der Waals surface area contributed by atoms with Crippen LogP contribution in [0.15, 0.2) is 58.9 Å². The van der Waals surface area contributed by atoms with Crippen LogP contribution < -0.4 is 0 Å². The number of nitrogens with zero attached hydrogens (tertiary/aromatic N) is 2. The summed E-state index contributed by atoms with van der Waals surface area (Å²) >= 11 is 1.41. The van der Waals surface area contributed by atoms with Crippen LogP contribution in [0.1, 0.15) is 0 Å². The molecule has 0 spiro atoms. The van der Waals surface area contributed by atoms with Crippen LogP contribution in [-0.2, 0) is 9.84 Å². The fraction of sp³-hybridized carbons (Fsp3) is 0.0556. The Bertz CT molecular complexity index is 1230. The zero-order valence-corrected chi connectivity index (χ0v) is 15.1. The second kappa shape index (κ2) is 6.00. The van der Waals surface area contributed by atoms with Crippen LogP contribution in [0.25, 0.3) is 27.5 Å². The van der Waals surface area contributed by atoms with E-state index in [1.807, 2.05) is 16.0 Å². The van der Waals surface area contributed by atoms with Crippen molar-refractivity contribution in [3.63, 3.8) is 0 Å². The molecule has 2 heterocycles. The molecule has 8 heteroatoms. The molecule has 0 amide bonds. The average molecular weight is 390 g/mol. The van der Waals surface area contributed by atoms with E-state index in [-0.39, 0.29) is 4.90 Å². The third-order valence-corrected chi connectivity index (χ3v) is 5.90. The number of aromatic nitrogens is 2. The highest BCUT2D eigenvalue weighted by atomic mass is 32.2. The smallest absolute Gasteiger partial charge is 0.194 e. The monoisotopic (exact) mass is 390 g/mol. The molecule has 2 aromatic carbocycles. The van der Waals surface area contributed by atoms with Crippen molar-refractivity contribution < 1.29 is 17.2 Å². The van der Waals surface area contributed by atoms with Crippen molar-refractivity contribution in [2.24, 2.45) is 0 Å². The second-order valence-electron chi connectivity index (χ2n) is 5.79. The second-order valence-corrected chi connectivity index (χ2v) is 8.68. The fourth-order valence-corrected chi connectivity index (χ4v) is 4.11. The lowest BCUT2D eigenvalue weighted by Gasteiger charge is -2.06. The van der Waals surface area contributed by atoms with E-state index in [0.717, 1.165) is 24.0 Å². The highest BCUT2D eigenvalue weighted by Crippen LogP contribution is 2.35. The maximum Gasteiger partial charge on any atom is 0.194 e. The van der Waals surface area contributed by atoms with Gasteiger partial charge >= 0.3 is 0 Å². The van der Waals surface area contributed by atoms with E-state index in [9.17, 15) is 17.2 Å². The minimum Gasteiger partial charge on any atom is -0.290 e. The molecular weight excluding hydrogens is 378 g/mol. The van der Waals surface area contributed by atoms with Crippen LogP contribution in [0, 0.1) is 11.6 Å². The lowest BCUT2D eigenvalue weighted by Crippen LogP contribution is -1.97. The highest BCUT2D eigenvalue weighted by Gasteiger charge is 2.18. The van der Waals surface area contributed by atoms with E-state index in [0.29, 0.717) is 21.9 Å². The fourth-order valence-electron chi connectivity index (χ4n) is 2.77. The first-order valence-corrected chi connectivity index (χ1v) is 10.3. The molecule has 0 aliphatic rings. The van der Waals surface area contributed by atoms with Crippen molar-refractivity contribution in [3.05, 3.63) is 65.7 Å². The summed E-state index contributed by atoms with van der Waals surface area (Å²) in [5.41, 5.74) is 2.36. The predicted molar refractivity (Wildman–Crippen MR) is 97.0 cm³/mol. The zero-order valence-electron chi connectivity index (χ0n) is 13.5. The van der Waals surface area contributed by atoms with E-state index in [1.54, 1.807) is 12.1 Å². The molecule has 0 saturated heterocycles. The van der Waals surface area contributed by atoms with E-state index in [4.69, 9.17) is 0 Å². The van der Waals surface area contributed by atoms with Crippen molar-refractivity contribution in [2.45, 2.75) is 4.90 Å². The lowest BCUT2D eigenvalue weighted by atomic mass is 10.0. The van der Waals surface area contributed by atoms with Crippen LogP contribution in [0.4, 0.5) is 8.78 Å². The standard InChI is InChI=1S/C18H12F2N2O2S2/c1-26(23,24)13-5-2-11(3-6-13)17-16(21-18-22(17)8-9-25-18)12-4-7-14(19)15(20)10-12/h2-10H,1H3. The molecule has 0 fully saturated rings. The summed E-state index contributed by atoms with van der Waals surface area (Å²) < 4.78 is 52.2. The Morgan fingerprint density at radius 1 is 1.00 bits per heavy atom. The molecular formula is C18H12F2N2O2S2. The minimum absolute atomic E-state index is 0.210. The molecule has 132 valence electrons. The van der Waals surface area contributed by atoms with E-state index in [1.165, 1.54) is 29.5 Å². The third-order valence-electron chi connectivity index (χ3n) is 4.01. The molecule has 2 aromatic heterocycles. The van der Waals surface area contributed by atoms with Gasteiger partial charge in [0.25, 0.3) is 0 Å². The van der Waals surface area contributed by atoms with Crippen molar-refractivity contribution in [2.75, 3.05) is 6.26 Å². The number of benzene rings is 2. The molecule has 0 unspecified atom stereocenters. The molecule has 0 aliphatic carbocycles. The maximum absolute atomic E-state index is 13.7. The molecule has 0 atom stereocenters. The Hall–Kier alpha value is -2.58. The van der Waals surface area contributed by atoms with Gasteiger partial charge in [0.15, 0.2) is 26.4 Å². The summed E-state index contributed by atoms with van der Waals surface area (Å²) in [5.74, 6) is -1.87. The largest absolute Gasteiger partial charge is 0.290 e. The first-order chi connectivity index (χ1) is 12.3. The van der Waals surface area contributed by atoms with Crippen molar-refractivity contribution >= 4 is 26.1 Å². The maximum atomic E-state index is 13.7. The first-order valence-electron chi connectivity index (χ1n) is 7.56.